The zero-order valence-corrected chi connectivity index (χ0v) is 12.8. The zero-order valence-electron chi connectivity index (χ0n) is 12.0. The minimum Gasteiger partial charge on any atom is -0.346 e. The third-order valence-electron chi connectivity index (χ3n) is 3.41. The zero-order chi connectivity index (χ0) is 13.5. The van der Waals surface area contributed by atoms with Crippen LogP contribution >= 0.6 is 11.8 Å². The number of rotatable bonds is 8. The Balaban J connectivity index is 2.13. The molecule has 1 heterocycles. The number of para-hydroxylation sites is 1. The van der Waals surface area contributed by atoms with E-state index >= 15 is 0 Å². The molecule has 1 aromatic heterocycles. The summed E-state index contributed by atoms with van der Waals surface area (Å²) < 4.78 is 2.40. The van der Waals surface area contributed by atoms with Crippen molar-refractivity contribution in [2.75, 3.05) is 25.1 Å². The Morgan fingerprint density at radius 1 is 1.21 bits per heavy atom. The van der Waals surface area contributed by atoms with Crippen LogP contribution in [0.2, 0.25) is 0 Å². The molecule has 2 aromatic rings. The Labute approximate surface area is 120 Å². The van der Waals surface area contributed by atoms with Gasteiger partial charge in [-0.1, -0.05) is 25.1 Å². The lowest BCUT2D eigenvalue weighted by atomic mass is 10.1. The van der Waals surface area contributed by atoms with Crippen LogP contribution in [0.5, 0.6) is 0 Å². The normalized spacial score (nSPS) is 11.3. The molecule has 19 heavy (non-hydrogen) atoms. The van der Waals surface area contributed by atoms with Crippen LogP contribution in [0.1, 0.15) is 18.9 Å². The van der Waals surface area contributed by atoms with Gasteiger partial charge in [0.15, 0.2) is 0 Å². The van der Waals surface area contributed by atoms with Gasteiger partial charge in [-0.2, -0.15) is 11.8 Å². The number of fused-ring (bicyclic) bond motifs is 1. The first kappa shape index (κ1) is 14.5. The molecule has 0 fully saturated rings. The molecule has 104 valence electrons. The van der Waals surface area contributed by atoms with E-state index in [4.69, 9.17) is 0 Å². The molecule has 0 amide bonds. The van der Waals surface area contributed by atoms with Gasteiger partial charge >= 0.3 is 0 Å². The maximum absolute atomic E-state index is 3.49. The van der Waals surface area contributed by atoms with Crippen LogP contribution in [0.15, 0.2) is 30.5 Å². The van der Waals surface area contributed by atoms with Gasteiger partial charge in [0, 0.05) is 29.4 Å². The van der Waals surface area contributed by atoms with Crippen LogP contribution in [-0.4, -0.2) is 29.7 Å². The summed E-state index contributed by atoms with van der Waals surface area (Å²) in [4.78, 5) is 0. The highest BCUT2D eigenvalue weighted by molar-refractivity contribution is 7.98. The van der Waals surface area contributed by atoms with E-state index in [1.165, 1.54) is 28.6 Å². The summed E-state index contributed by atoms with van der Waals surface area (Å²) >= 11 is 1.91. The van der Waals surface area contributed by atoms with Crippen molar-refractivity contribution in [3.63, 3.8) is 0 Å². The third-order valence-corrected chi connectivity index (χ3v) is 4.00. The molecule has 1 aromatic carbocycles. The maximum atomic E-state index is 3.49. The van der Waals surface area contributed by atoms with Crippen molar-refractivity contribution in [2.24, 2.45) is 0 Å². The van der Waals surface area contributed by atoms with Gasteiger partial charge in [0.25, 0.3) is 0 Å². The number of nitrogens with one attached hydrogen (secondary N) is 1. The first-order chi connectivity index (χ1) is 9.36. The fraction of sp³-hybridized carbons (Fsp3) is 0.500. The predicted molar refractivity (Wildman–Crippen MR) is 87.2 cm³/mol. The van der Waals surface area contributed by atoms with E-state index in [0.717, 1.165) is 26.1 Å². The van der Waals surface area contributed by atoms with Crippen molar-refractivity contribution in [1.29, 1.82) is 0 Å². The predicted octanol–water partition coefficient (Wildman–Crippen LogP) is 3.55. The van der Waals surface area contributed by atoms with Crippen molar-refractivity contribution in [1.82, 2.24) is 9.88 Å². The second-order valence-corrected chi connectivity index (χ2v) is 5.84. The van der Waals surface area contributed by atoms with Crippen molar-refractivity contribution < 1.29 is 0 Å². The molecule has 0 saturated carbocycles. The van der Waals surface area contributed by atoms with Crippen molar-refractivity contribution in [3.8, 4) is 0 Å². The number of benzene rings is 1. The van der Waals surface area contributed by atoms with Crippen LogP contribution in [0.3, 0.4) is 0 Å². The Morgan fingerprint density at radius 2 is 2.05 bits per heavy atom. The first-order valence-corrected chi connectivity index (χ1v) is 8.52. The second-order valence-electron chi connectivity index (χ2n) is 4.86. The molecule has 0 radical (unpaired) electrons. The number of aromatic nitrogens is 1. The molecule has 2 nitrogen and oxygen atoms in total. The maximum Gasteiger partial charge on any atom is 0.0483 e. The Hall–Kier alpha value is -0.930. The van der Waals surface area contributed by atoms with E-state index in [1.807, 2.05) is 11.8 Å². The molecule has 0 aliphatic heterocycles. The molecule has 0 bridgehead atoms. The van der Waals surface area contributed by atoms with Crippen molar-refractivity contribution in [3.05, 3.63) is 36.0 Å². The molecule has 2 rings (SSSR count). The topological polar surface area (TPSA) is 17.0 Å². The fourth-order valence-electron chi connectivity index (χ4n) is 2.42. The van der Waals surface area contributed by atoms with Crippen molar-refractivity contribution >= 4 is 22.7 Å². The standard InChI is InChI=1S/C16H24N2S/c1-3-9-17-10-8-14-13-18(11-12-19-2)16-7-5-4-6-15(14)16/h4-7,13,17H,3,8-12H2,1-2H3. The summed E-state index contributed by atoms with van der Waals surface area (Å²) in [5.74, 6) is 1.17. The van der Waals surface area contributed by atoms with Gasteiger partial charge in [0.2, 0.25) is 0 Å². The van der Waals surface area contributed by atoms with Crippen LogP contribution in [0.25, 0.3) is 10.9 Å². The van der Waals surface area contributed by atoms with Gasteiger partial charge in [-0.05, 0) is 43.8 Å². The van der Waals surface area contributed by atoms with Gasteiger partial charge < -0.3 is 9.88 Å². The Morgan fingerprint density at radius 3 is 2.84 bits per heavy atom. The summed E-state index contributed by atoms with van der Waals surface area (Å²) in [5.41, 5.74) is 2.85. The van der Waals surface area contributed by atoms with Gasteiger partial charge in [-0.25, -0.2) is 0 Å². The molecule has 1 N–H and O–H groups in total. The SMILES string of the molecule is CCCNCCc1cn(CCSC)c2ccccc12. The van der Waals surface area contributed by atoms with Crippen LogP contribution in [0, 0.1) is 0 Å². The molecule has 0 aliphatic carbocycles. The number of thioether (sulfide) groups is 1. The lowest BCUT2D eigenvalue weighted by Gasteiger charge is -2.02. The summed E-state index contributed by atoms with van der Waals surface area (Å²) in [5, 5.41) is 4.91. The van der Waals surface area contributed by atoms with Gasteiger partial charge in [-0.3, -0.25) is 0 Å². The molecule has 0 atom stereocenters. The lowest BCUT2D eigenvalue weighted by molar-refractivity contribution is 0.671. The highest BCUT2D eigenvalue weighted by Gasteiger charge is 2.07. The monoisotopic (exact) mass is 276 g/mol. The second kappa shape index (κ2) is 7.61. The van der Waals surface area contributed by atoms with Gasteiger partial charge in [0.05, 0.1) is 0 Å². The highest BCUT2D eigenvalue weighted by atomic mass is 32.2. The minimum atomic E-state index is 1.07. The molecule has 0 aliphatic rings. The lowest BCUT2D eigenvalue weighted by Crippen LogP contribution is -2.17. The highest BCUT2D eigenvalue weighted by Crippen LogP contribution is 2.22. The van der Waals surface area contributed by atoms with E-state index in [-0.39, 0.29) is 0 Å². The summed E-state index contributed by atoms with van der Waals surface area (Å²) in [6.07, 6.45) is 6.83. The largest absolute Gasteiger partial charge is 0.346 e. The van der Waals surface area contributed by atoms with E-state index in [0.29, 0.717) is 0 Å². The van der Waals surface area contributed by atoms with Crippen LogP contribution in [0.4, 0.5) is 0 Å². The first-order valence-electron chi connectivity index (χ1n) is 7.13. The summed E-state index contributed by atoms with van der Waals surface area (Å²) in [6, 6.07) is 8.76. The molecular formula is C16H24N2S. The number of hydrogen-bond donors (Lipinski definition) is 1. The van der Waals surface area contributed by atoms with Crippen LogP contribution < -0.4 is 5.32 Å². The quantitative estimate of drug-likeness (QED) is 0.743. The third kappa shape index (κ3) is 3.77. The molecule has 0 spiro atoms. The van der Waals surface area contributed by atoms with Crippen LogP contribution in [-0.2, 0) is 13.0 Å². The van der Waals surface area contributed by atoms with Crippen molar-refractivity contribution in [2.45, 2.75) is 26.3 Å². The van der Waals surface area contributed by atoms with Gasteiger partial charge in [0.1, 0.15) is 0 Å². The average Bonchev–Trinajstić information content (AvgIpc) is 2.80. The Kier molecular flexibility index (Phi) is 5.80. The minimum absolute atomic E-state index is 1.07. The average molecular weight is 276 g/mol. The van der Waals surface area contributed by atoms with E-state index in [2.05, 4.69) is 53.5 Å². The number of aryl methyl sites for hydroxylation is 1. The summed E-state index contributed by atoms with van der Waals surface area (Å²) in [6.45, 7) is 5.50. The smallest absolute Gasteiger partial charge is 0.0483 e. The molecule has 0 saturated heterocycles. The van der Waals surface area contributed by atoms with E-state index in [1.54, 1.807) is 0 Å². The fourth-order valence-corrected chi connectivity index (χ4v) is 2.80. The molecule has 0 unspecified atom stereocenters. The number of hydrogen-bond acceptors (Lipinski definition) is 2. The molecule has 3 heteroatoms. The molecular weight excluding hydrogens is 252 g/mol. The van der Waals surface area contributed by atoms with Gasteiger partial charge in [-0.15, -0.1) is 0 Å². The summed E-state index contributed by atoms with van der Waals surface area (Å²) in [7, 11) is 0. The van der Waals surface area contributed by atoms with E-state index < -0.39 is 0 Å². The Bertz CT molecular complexity index is 504. The van der Waals surface area contributed by atoms with E-state index in [9.17, 15) is 0 Å². The number of nitrogens with zero attached hydrogens (tertiary/aromatic N) is 1.